The maximum absolute atomic E-state index is 5.54. The van der Waals surface area contributed by atoms with E-state index in [0.29, 0.717) is 0 Å². The first-order valence-electron chi connectivity index (χ1n) is 10.9. The highest BCUT2D eigenvalue weighted by molar-refractivity contribution is 7.94. The van der Waals surface area contributed by atoms with E-state index in [1.165, 1.54) is 12.0 Å². The number of hydrogen-bond acceptors (Lipinski definition) is 4. The molecule has 0 aromatic rings. The minimum absolute atomic E-state index is 0.0183. The van der Waals surface area contributed by atoms with Crippen molar-refractivity contribution in [2.75, 3.05) is 19.3 Å². The summed E-state index contributed by atoms with van der Waals surface area (Å²) in [5.74, 6) is 0.947. The molecule has 0 spiro atoms. The molecule has 29 heavy (non-hydrogen) atoms. The molecule has 1 saturated heterocycles. The lowest BCUT2D eigenvalue weighted by Crippen LogP contribution is -2.10. The number of hydrogen-bond donors (Lipinski definition) is 1. The van der Waals surface area contributed by atoms with Gasteiger partial charge in [0.15, 0.2) is 6.29 Å². The average Bonchev–Trinajstić information content (AvgIpc) is 3.48. The molecule has 1 aliphatic rings. The van der Waals surface area contributed by atoms with Crippen LogP contribution in [0.5, 0.6) is 0 Å². The lowest BCUT2D eigenvalue weighted by Gasteiger charge is -1.97. The van der Waals surface area contributed by atoms with Gasteiger partial charge in [-0.3, -0.25) is 4.18 Å². The van der Waals surface area contributed by atoms with Gasteiger partial charge < -0.3 is 10.1 Å². The Balaban J connectivity index is 1.90. The van der Waals surface area contributed by atoms with Crippen molar-refractivity contribution >= 4 is 12.0 Å². The van der Waals surface area contributed by atoms with Crippen LogP contribution >= 0.6 is 12.0 Å². The minimum Gasteiger partial charge on any atom is -0.340 e. The van der Waals surface area contributed by atoms with E-state index in [1.54, 1.807) is 0 Å². The van der Waals surface area contributed by atoms with Crippen LogP contribution in [0.2, 0.25) is 0 Å². The number of allylic oxidation sites excluding steroid dienone is 11. The van der Waals surface area contributed by atoms with Crippen molar-refractivity contribution in [3.63, 3.8) is 0 Å². The van der Waals surface area contributed by atoms with E-state index in [-0.39, 0.29) is 12.4 Å². The lowest BCUT2D eigenvalue weighted by atomic mass is 10.2. The van der Waals surface area contributed by atoms with Gasteiger partial charge in [-0.05, 0) is 64.0 Å². The Hall–Kier alpha value is -1.33. The van der Waals surface area contributed by atoms with Crippen molar-refractivity contribution in [1.29, 1.82) is 0 Å². The highest BCUT2D eigenvalue weighted by atomic mass is 32.2. The third-order valence-electron chi connectivity index (χ3n) is 4.10. The molecular weight excluding hydrogens is 378 g/mol. The summed E-state index contributed by atoms with van der Waals surface area (Å²) >= 11 is 1.48. The van der Waals surface area contributed by atoms with Gasteiger partial charge in [-0.1, -0.05) is 79.8 Å². The fourth-order valence-corrected chi connectivity index (χ4v) is 3.08. The zero-order valence-electron chi connectivity index (χ0n) is 18.2. The smallest absolute Gasteiger partial charge is 0.197 e. The van der Waals surface area contributed by atoms with E-state index in [4.69, 9.17) is 8.92 Å². The summed E-state index contributed by atoms with van der Waals surface area (Å²) in [5, 5.41) is 3.09. The fourth-order valence-electron chi connectivity index (χ4n) is 2.39. The van der Waals surface area contributed by atoms with Crippen LogP contribution in [0.15, 0.2) is 72.9 Å². The Morgan fingerprint density at radius 2 is 1.24 bits per heavy atom. The lowest BCUT2D eigenvalue weighted by molar-refractivity contribution is 0.207. The molecule has 1 heterocycles. The van der Waals surface area contributed by atoms with Crippen LogP contribution in [0.1, 0.15) is 51.9 Å². The van der Waals surface area contributed by atoms with Crippen molar-refractivity contribution in [1.82, 2.24) is 5.32 Å². The molecule has 0 bridgehead atoms. The summed E-state index contributed by atoms with van der Waals surface area (Å²) in [6.45, 7) is 3.11. The molecule has 2 unspecified atom stereocenters. The second kappa shape index (κ2) is 20.0. The summed E-state index contributed by atoms with van der Waals surface area (Å²) in [6, 6.07) is 0. The maximum Gasteiger partial charge on any atom is 0.197 e. The van der Waals surface area contributed by atoms with Gasteiger partial charge in [0.05, 0.1) is 0 Å². The number of epoxide rings is 1. The average molecular weight is 418 g/mol. The zero-order valence-corrected chi connectivity index (χ0v) is 19.0. The van der Waals surface area contributed by atoms with Crippen LogP contribution in [0, 0.1) is 0 Å². The molecule has 0 aromatic heterocycles. The maximum atomic E-state index is 5.54. The van der Waals surface area contributed by atoms with E-state index in [9.17, 15) is 0 Å². The minimum atomic E-state index is -0.0183. The Kier molecular flexibility index (Phi) is 17.7. The first-order chi connectivity index (χ1) is 14.4. The third-order valence-corrected chi connectivity index (χ3v) is 4.80. The molecule has 1 rings (SSSR count). The molecule has 0 amide bonds. The molecule has 3 nitrogen and oxygen atoms in total. The van der Waals surface area contributed by atoms with Crippen molar-refractivity contribution in [2.24, 2.45) is 0 Å². The molecule has 2 atom stereocenters. The van der Waals surface area contributed by atoms with Gasteiger partial charge in [0.2, 0.25) is 0 Å². The third kappa shape index (κ3) is 17.3. The van der Waals surface area contributed by atoms with Gasteiger partial charge in [0.25, 0.3) is 0 Å². The SMILES string of the molecule is CCC=CCC=CCC=CCC=CCC=CCC=CCC1OC1OSCCNC. The topological polar surface area (TPSA) is 33.8 Å². The van der Waals surface area contributed by atoms with Crippen LogP contribution < -0.4 is 5.32 Å². The normalized spacial score (nSPS) is 20.1. The predicted molar refractivity (Wildman–Crippen MR) is 129 cm³/mol. The molecule has 0 aromatic carbocycles. The zero-order chi connectivity index (χ0) is 20.8. The van der Waals surface area contributed by atoms with Crippen LogP contribution in [0.3, 0.4) is 0 Å². The molecule has 1 fully saturated rings. The van der Waals surface area contributed by atoms with E-state index in [0.717, 1.165) is 57.2 Å². The summed E-state index contributed by atoms with van der Waals surface area (Å²) in [7, 11) is 1.94. The second-order valence-electron chi connectivity index (χ2n) is 6.72. The molecule has 0 radical (unpaired) electrons. The summed E-state index contributed by atoms with van der Waals surface area (Å²) in [5.41, 5.74) is 0. The summed E-state index contributed by atoms with van der Waals surface area (Å²) in [4.78, 5) is 0. The highest BCUT2D eigenvalue weighted by Gasteiger charge is 2.39. The van der Waals surface area contributed by atoms with Crippen molar-refractivity contribution in [3.8, 4) is 0 Å². The monoisotopic (exact) mass is 417 g/mol. The first-order valence-corrected chi connectivity index (χ1v) is 11.8. The van der Waals surface area contributed by atoms with Gasteiger partial charge in [-0.15, -0.1) is 0 Å². The van der Waals surface area contributed by atoms with Crippen LogP contribution in [-0.2, 0) is 8.92 Å². The molecule has 1 N–H and O–H groups in total. The largest absolute Gasteiger partial charge is 0.340 e. The van der Waals surface area contributed by atoms with Crippen LogP contribution in [-0.4, -0.2) is 31.7 Å². The molecule has 4 heteroatoms. The van der Waals surface area contributed by atoms with Crippen molar-refractivity contribution < 1.29 is 8.92 Å². The highest BCUT2D eigenvalue weighted by Crippen LogP contribution is 2.30. The van der Waals surface area contributed by atoms with E-state index in [1.807, 2.05) is 7.05 Å². The predicted octanol–water partition coefficient (Wildman–Crippen LogP) is 6.68. The second-order valence-corrected chi connectivity index (χ2v) is 7.55. The first kappa shape index (κ1) is 25.7. The van der Waals surface area contributed by atoms with E-state index in [2.05, 4.69) is 85.2 Å². The van der Waals surface area contributed by atoms with E-state index >= 15 is 0 Å². The Labute approximate surface area is 182 Å². The van der Waals surface area contributed by atoms with Crippen molar-refractivity contribution in [2.45, 2.75) is 64.3 Å². The standard InChI is InChI=1S/C25H39NO2S/c1-3-4-5-6-7-8-9-10-11-12-13-14-15-16-17-18-19-20-21-24-25(27-24)28-29-23-22-26-2/h4-5,7-8,10-11,13-14,16-17,19-20,24-26H,3,6,9,12,15,18,21-23H2,1-2H3. The van der Waals surface area contributed by atoms with Gasteiger partial charge >= 0.3 is 0 Å². The van der Waals surface area contributed by atoms with Gasteiger partial charge in [0, 0.05) is 12.3 Å². The van der Waals surface area contributed by atoms with E-state index < -0.39 is 0 Å². The molecule has 162 valence electrons. The van der Waals surface area contributed by atoms with Crippen molar-refractivity contribution in [3.05, 3.63) is 72.9 Å². The quantitative estimate of drug-likeness (QED) is 0.117. The number of rotatable bonds is 18. The van der Waals surface area contributed by atoms with Gasteiger partial charge in [-0.25, -0.2) is 0 Å². The summed E-state index contributed by atoms with van der Waals surface area (Å²) < 4.78 is 11.0. The summed E-state index contributed by atoms with van der Waals surface area (Å²) in [6.07, 6.45) is 33.9. The Bertz CT molecular complexity index is 549. The van der Waals surface area contributed by atoms with Crippen LogP contribution in [0.4, 0.5) is 0 Å². The number of ether oxygens (including phenoxy) is 1. The molecule has 0 saturated carbocycles. The molecule has 1 aliphatic heterocycles. The number of nitrogens with one attached hydrogen (secondary N) is 1. The van der Waals surface area contributed by atoms with Gasteiger partial charge in [-0.2, -0.15) is 0 Å². The Morgan fingerprint density at radius 1 is 0.759 bits per heavy atom. The van der Waals surface area contributed by atoms with Crippen LogP contribution in [0.25, 0.3) is 0 Å². The Morgan fingerprint density at radius 3 is 1.72 bits per heavy atom. The van der Waals surface area contributed by atoms with Gasteiger partial charge in [0.1, 0.15) is 6.10 Å². The fraction of sp³-hybridized carbons (Fsp3) is 0.520. The molecule has 0 aliphatic carbocycles. The molecular formula is C25H39NO2S.